The average molecular weight is 450 g/mol. The van der Waals surface area contributed by atoms with Crippen LogP contribution in [0, 0.1) is 5.92 Å². The first kappa shape index (κ1) is 22.8. The zero-order chi connectivity index (χ0) is 23.4. The van der Waals surface area contributed by atoms with Crippen molar-refractivity contribution >= 4 is 24.0 Å². The van der Waals surface area contributed by atoms with Crippen molar-refractivity contribution in [1.29, 1.82) is 0 Å². The number of hydrogen-bond acceptors (Lipinski definition) is 5. The number of amides is 2. The van der Waals surface area contributed by atoms with Gasteiger partial charge in [-0.05, 0) is 61.3 Å². The summed E-state index contributed by atoms with van der Waals surface area (Å²) in [6.07, 6.45) is 4.30. The molecule has 2 N–H and O–H groups in total. The van der Waals surface area contributed by atoms with Gasteiger partial charge in [-0.1, -0.05) is 42.5 Å². The summed E-state index contributed by atoms with van der Waals surface area (Å²) in [5.41, 5.74) is 8.22. The zero-order valence-electron chi connectivity index (χ0n) is 18.9. The molecule has 3 fully saturated rings. The number of hydrogen-bond donors (Lipinski definition) is 1. The highest BCUT2D eigenvalue weighted by atomic mass is 16.6. The molecule has 0 spiro atoms. The maximum Gasteiger partial charge on any atom is 0.411 e. The molecule has 1 unspecified atom stereocenters. The van der Waals surface area contributed by atoms with Gasteiger partial charge in [-0.25, -0.2) is 4.79 Å². The number of nitrogens with zero attached hydrogens (tertiary/aromatic N) is 2. The lowest BCUT2D eigenvalue weighted by Crippen LogP contribution is -2.63. The Morgan fingerprint density at radius 1 is 1.06 bits per heavy atom. The van der Waals surface area contributed by atoms with Crippen molar-refractivity contribution in [2.75, 3.05) is 12.8 Å². The van der Waals surface area contributed by atoms with E-state index in [1.807, 2.05) is 42.5 Å². The Balaban J connectivity index is 1.48. The van der Waals surface area contributed by atoms with Crippen LogP contribution >= 0.6 is 0 Å². The number of nitrogens with two attached hydrogens (primary N) is 1. The second kappa shape index (κ2) is 10.1. The second-order valence-corrected chi connectivity index (χ2v) is 9.06. The minimum absolute atomic E-state index is 0.00703. The normalized spacial score (nSPS) is 22.5. The molecule has 0 radical (unpaired) electrons. The highest BCUT2D eigenvalue weighted by Gasteiger charge is 2.49. The molecular weight excluding hydrogens is 418 g/mol. The molecule has 2 aliphatic heterocycles. The second-order valence-electron chi connectivity index (χ2n) is 9.06. The Hall–Kier alpha value is -3.35. The van der Waals surface area contributed by atoms with Crippen molar-refractivity contribution in [3.63, 3.8) is 0 Å². The van der Waals surface area contributed by atoms with Crippen molar-refractivity contribution in [3.8, 4) is 0 Å². The summed E-state index contributed by atoms with van der Waals surface area (Å²) in [5.74, 6) is -0.119. The van der Waals surface area contributed by atoms with Crippen LogP contribution in [0.3, 0.4) is 0 Å². The SMILES string of the molecule is CN(C(=O)C1C2CCC(CC2)N1C(=O)OCc1ccccc1)[C@H](C=O)Cc1ccc(N)cc1. The van der Waals surface area contributed by atoms with Gasteiger partial charge in [-0.2, -0.15) is 0 Å². The predicted molar refractivity (Wildman–Crippen MR) is 125 cm³/mol. The maximum absolute atomic E-state index is 13.6. The van der Waals surface area contributed by atoms with E-state index in [2.05, 4.69) is 0 Å². The third-order valence-corrected chi connectivity index (χ3v) is 6.98. The molecule has 1 aliphatic carbocycles. The highest BCUT2D eigenvalue weighted by Crippen LogP contribution is 2.41. The van der Waals surface area contributed by atoms with E-state index in [0.29, 0.717) is 12.1 Å². The zero-order valence-corrected chi connectivity index (χ0v) is 18.9. The molecule has 2 amide bonds. The first-order valence-electron chi connectivity index (χ1n) is 11.5. The minimum atomic E-state index is -0.622. The number of likely N-dealkylation sites (N-methyl/N-ethyl adjacent to an activating group) is 1. The van der Waals surface area contributed by atoms with Crippen LogP contribution in [0.5, 0.6) is 0 Å². The topological polar surface area (TPSA) is 92.9 Å². The number of carbonyl (C=O) groups is 3. The van der Waals surface area contributed by atoms with Crippen molar-refractivity contribution in [1.82, 2.24) is 9.80 Å². The lowest BCUT2D eigenvalue weighted by Gasteiger charge is -2.50. The van der Waals surface area contributed by atoms with E-state index in [9.17, 15) is 14.4 Å². The molecular formula is C26H31N3O4. The molecule has 5 rings (SSSR count). The summed E-state index contributed by atoms with van der Waals surface area (Å²) < 4.78 is 5.61. The third kappa shape index (κ3) is 5.02. The Bertz CT molecular complexity index is 971. The van der Waals surface area contributed by atoms with E-state index < -0.39 is 18.2 Å². The van der Waals surface area contributed by atoms with Crippen LogP contribution in [0.25, 0.3) is 0 Å². The van der Waals surface area contributed by atoms with Crippen LogP contribution in [-0.2, 0) is 27.4 Å². The molecule has 1 saturated carbocycles. The summed E-state index contributed by atoms with van der Waals surface area (Å²) >= 11 is 0. The van der Waals surface area contributed by atoms with Crippen molar-refractivity contribution in [3.05, 3.63) is 65.7 Å². The van der Waals surface area contributed by atoms with Gasteiger partial charge >= 0.3 is 6.09 Å². The first-order valence-corrected chi connectivity index (χ1v) is 11.5. The summed E-state index contributed by atoms with van der Waals surface area (Å²) in [7, 11) is 1.65. The van der Waals surface area contributed by atoms with E-state index in [0.717, 1.165) is 43.1 Å². The Morgan fingerprint density at radius 2 is 1.73 bits per heavy atom. The molecule has 7 heteroatoms. The summed E-state index contributed by atoms with van der Waals surface area (Å²) in [4.78, 5) is 41.8. The molecule has 2 heterocycles. The Labute approximate surface area is 194 Å². The molecule has 0 aromatic heterocycles. The number of benzene rings is 2. The highest BCUT2D eigenvalue weighted by molar-refractivity contribution is 5.88. The van der Waals surface area contributed by atoms with Crippen molar-refractivity contribution < 1.29 is 19.1 Å². The van der Waals surface area contributed by atoms with Crippen LogP contribution < -0.4 is 5.73 Å². The molecule has 2 aromatic rings. The van der Waals surface area contributed by atoms with Gasteiger partial charge in [0.15, 0.2) is 0 Å². The fourth-order valence-electron chi connectivity index (χ4n) is 5.07. The number of carbonyl (C=O) groups excluding carboxylic acids is 3. The molecule has 3 aliphatic rings. The number of anilines is 1. The van der Waals surface area contributed by atoms with Crippen molar-refractivity contribution in [2.45, 2.75) is 56.8 Å². The summed E-state index contributed by atoms with van der Waals surface area (Å²) in [6, 6.07) is 15.6. The van der Waals surface area contributed by atoms with Crippen molar-refractivity contribution in [2.24, 2.45) is 5.92 Å². The largest absolute Gasteiger partial charge is 0.445 e. The number of rotatable bonds is 7. The molecule has 7 nitrogen and oxygen atoms in total. The minimum Gasteiger partial charge on any atom is -0.445 e. The molecule has 2 atom stereocenters. The fraction of sp³-hybridized carbons (Fsp3) is 0.423. The monoisotopic (exact) mass is 449 g/mol. The van der Waals surface area contributed by atoms with E-state index in [1.54, 1.807) is 24.1 Å². The van der Waals surface area contributed by atoms with Crippen LogP contribution in [0.2, 0.25) is 0 Å². The molecule has 33 heavy (non-hydrogen) atoms. The lowest BCUT2D eigenvalue weighted by atomic mass is 9.74. The van der Waals surface area contributed by atoms with Gasteiger partial charge in [0.25, 0.3) is 0 Å². The van der Waals surface area contributed by atoms with E-state index in [4.69, 9.17) is 10.5 Å². The number of piperidine rings is 2. The standard InChI is InChI=1S/C26H31N3O4/c1-28(23(16-30)15-18-7-11-21(27)12-8-18)25(31)24-20-9-13-22(14-10-20)29(24)26(32)33-17-19-5-3-2-4-6-19/h2-8,11-12,16,20,22-24H,9-10,13-15,17,27H2,1H3/t20?,22?,23-,24?/m0/s1. The number of fused-ring (bicyclic) bond motifs is 3. The fourth-order valence-corrected chi connectivity index (χ4v) is 5.07. The Kier molecular flexibility index (Phi) is 6.96. The van der Waals surface area contributed by atoms with Gasteiger partial charge in [0.1, 0.15) is 18.9 Å². The number of aldehydes is 1. The number of nitrogen functional groups attached to an aromatic ring is 1. The molecule has 2 aromatic carbocycles. The first-order chi connectivity index (χ1) is 16.0. The van der Waals surface area contributed by atoms with Gasteiger partial charge in [-0.3, -0.25) is 9.69 Å². The van der Waals surface area contributed by atoms with Crippen LogP contribution in [0.1, 0.15) is 36.8 Å². The molecule has 2 saturated heterocycles. The quantitative estimate of drug-likeness (QED) is 0.516. The van der Waals surface area contributed by atoms with Gasteiger partial charge < -0.3 is 20.2 Å². The van der Waals surface area contributed by atoms with E-state index >= 15 is 0 Å². The smallest absolute Gasteiger partial charge is 0.411 e. The predicted octanol–water partition coefficient (Wildman–Crippen LogP) is 3.42. The third-order valence-electron chi connectivity index (χ3n) is 6.98. The maximum atomic E-state index is 13.6. The van der Waals surface area contributed by atoms with Crippen LogP contribution in [-0.4, -0.2) is 53.3 Å². The van der Waals surface area contributed by atoms with Crippen LogP contribution in [0.15, 0.2) is 54.6 Å². The summed E-state index contributed by atoms with van der Waals surface area (Å²) in [5, 5.41) is 0. The average Bonchev–Trinajstić information content (AvgIpc) is 2.86. The lowest BCUT2D eigenvalue weighted by molar-refractivity contribution is -0.146. The van der Waals surface area contributed by atoms with Gasteiger partial charge in [-0.15, -0.1) is 0 Å². The van der Waals surface area contributed by atoms with E-state index in [-0.39, 0.29) is 24.5 Å². The van der Waals surface area contributed by atoms with Gasteiger partial charge in [0, 0.05) is 18.8 Å². The van der Waals surface area contributed by atoms with Gasteiger partial charge in [0.2, 0.25) is 5.91 Å². The van der Waals surface area contributed by atoms with Gasteiger partial charge in [0.05, 0.1) is 6.04 Å². The molecule has 174 valence electrons. The Morgan fingerprint density at radius 3 is 2.36 bits per heavy atom. The number of ether oxygens (including phenoxy) is 1. The summed E-state index contributed by atoms with van der Waals surface area (Å²) in [6.45, 7) is 0.165. The molecule has 2 bridgehead atoms. The van der Waals surface area contributed by atoms with Crippen LogP contribution in [0.4, 0.5) is 10.5 Å². The van der Waals surface area contributed by atoms with E-state index in [1.165, 1.54) is 4.90 Å².